The number of sulfonamides is 1. The predicted octanol–water partition coefficient (Wildman–Crippen LogP) is 0.800. The molecular weight excluding hydrogens is 260 g/mol. The summed E-state index contributed by atoms with van der Waals surface area (Å²) in [5, 5.41) is 8.90. The SMILES string of the molecule is CCOCCS(=O)(=O)Nc1cc(C)[nH]c1C(=O)O. The second-order valence-corrected chi connectivity index (χ2v) is 5.51. The molecule has 1 rings (SSSR count). The normalized spacial score (nSPS) is 11.4. The fourth-order valence-electron chi connectivity index (χ4n) is 1.37. The number of carbonyl (C=O) groups is 1. The highest BCUT2D eigenvalue weighted by atomic mass is 32.2. The molecule has 0 radical (unpaired) electrons. The Balaban J connectivity index is 2.80. The molecule has 0 amide bonds. The summed E-state index contributed by atoms with van der Waals surface area (Å²) < 4.78 is 30.5. The summed E-state index contributed by atoms with van der Waals surface area (Å²) in [6.07, 6.45) is 0. The Morgan fingerprint density at radius 3 is 2.78 bits per heavy atom. The third-order valence-corrected chi connectivity index (χ3v) is 3.37. The van der Waals surface area contributed by atoms with Gasteiger partial charge in [-0.3, -0.25) is 4.72 Å². The van der Waals surface area contributed by atoms with Crippen LogP contribution < -0.4 is 4.72 Å². The van der Waals surface area contributed by atoms with Gasteiger partial charge in [-0.1, -0.05) is 0 Å². The lowest BCUT2D eigenvalue weighted by Gasteiger charge is -2.07. The number of ether oxygens (including phenoxy) is 1. The highest BCUT2D eigenvalue weighted by Gasteiger charge is 2.18. The maximum Gasteiger partial charge on any atom is 0.354 e. The highest BCUT2D eigenvalue weighted by Crippen LogP contribution is 2.18. The van der Waals surface area contributed by atoms with Crippen LogP contribution in [0, 0.1) is 6.92 Å². The molecule has 0 atom stereocenters. The van der Waals surface area contributed by atoms with E-state index in [1.165, 1.54) is 6.07 Å². The van der Waals surface area contributed by atoms with Crippen molar-refractivity contribution in [2.45, 2.75) is 13.8 Å². The van der Waals surface area contributed by atoms with Gasteiger partial charge in [-0.25, -0.2) is 13.2 Å². The maximum absolute atomic E-state index is 11.7. The van der Waals surface area contributed by atoms with Crippen molar-refractivity contribution in [2.24, 2.45) is 0 Å². The van der Waals surface area contributed by atoms with Crippen LogP contribution in [0.1, 0.15) is 23.1 Å². The summed E-state index contributed by atoms with van der Waals surface area (Å²) in [6, 6.07) is 1.43. The second kappa shape index (κ2) is 5.87. The Bertz CT molecular complexity index is 520. The fourth-order valence-corrected chi connectivity index (χ4v) is 2.31. The average Bonchev–Trinajstić information content (AvgIpc) is 2.58. The zero-order valence-electron chi connectivity index (χ0n) is 10.2. The van der Waals surface area contributed by atoms with Crippen molar-refractivity contribution in [3.05, 3.63) is 17.5 Å². The molecule has 1 heterocycles. The van der Waals surface area contributed by atoms with Crippen molar-refractivity contribution in [3.63, 3.8) is 0 Å². The fraction of sp³-hybridized carbons (Fsp3) is 0.500. The average molecular weight is 276 g/mol. The van der Waals surface area contributed by atoms with E-state index in [0.717, 1.165) is 0 Å². The van der Waals surface area contributed by atoms with Crippen LogP contribution in [0.15, 0.2) is 6.07 Å². The van der Waals surface area contributed by atoms with E-state index in [2.05, 4.69) is 9.71 Å². The molecule has 0 aromatic carbocycles. The molecule has 0 aliphatic carbocycles. The Labute approximate surface area is 105 Å². The minimum atomic E-state index is -3.61. The minimum absolute atomic E-state index is 0.0384. The first-order chi connectivity index (χ1) is 8.35. The second-order valence-electron chi connectivity index (χ2n) is 3.66. The molecule has 18 heavy (non-hydrogen) atoms. The van der Waals surface area contributed by atoms with Crippen molar-refractivity contribution in [2.75, 3.05) is 23.7 Å². The molecule has 0 aliphatic rings. The number of aryl methyl sites for hydroxylation is 1. The van der Waals surface area contributed by atoms with Gasteiger partial charge in [0.05, 0.1) is 18.0 Å². The number of aromatic amines is 1. The first-order valence-electron chi connectivity index (χ1n) is 5.37. The summed E-state index contributed by atoms with van der Waals surface area (Å²) >= 11 is 0. The number of aromatic nitrogens is 1. The zero-order valence-corrected chi connectivity index (χ0v) is 11.0. The Kier molecular flexibility index (Phi) is 4.74. The number of rotatable bonds is 7. The van der Waals surface area contributed by atoms with Gasteiger partial charge in [-0.15, -0.1) is 0 Å². The monoisotopic (exact) mass is 276 g/mol. The third-order valence-electron chi connectivity index (χ3n) is 2.13. The molecule has 0 saturated carbocycles. The van der Waals surface area contributed by atoms with Crippen LogP contribution in [0.3, 0.4) is 0 Å². The largest absolute Gasteiger partial charge is 0.477 e. The number of H-pyrrole nitrogens is 1. The topological polar surface area (TPSA) is 108 Å². The number of nitrogens with one attached hydrogen (secondary N) is 2. The molecule has 0 fully saturated rings. The molecule has 0 bridgehead atoms. The van der Waals surface area contributed by atoms with E-state index in [4.69, 9.17) is 9.84 Å². The van der Waals surface area contributed by atoms with Gasteiger partial charge < -0.3 is 14.8 Å². The summed E-state index contributed by atoms with van der Waals surface area (Å²) in [7, 11) is -3.61. The zero-order chi connectivity index (χ0) is 13.8. The molecular formula is C10H16N2O5S. The number of hydrogen-bond donors (Lipinski definition) is 3. The van der Waals surface area contributed by atoms with Crippen LogP contribution in [-0.2, 0) is 14.8 Å². The number of carboxylic acid groups (broad SMARTS) is 1. The number of aromatic carboxylic acids is 1. The molecule has 102 valence electrons. The van der Waals surface area contributed by atoms with Crippen molar-refractivity contribution in [1.29, 1.82) is 0 Å². The first kappa shape index (κ1) is 14.5. The van der Waals surface area contributed by atoms with Crippen molar-refractivity contribution >= 4 is 21.7 Å². The Morgan fingerprint density at radius 1 is 1.56 bits per heavy atom. The predicted molar refractivity (Wildman–Crippen MR) is 66.4 cm³/mol. The van der Waals surface area contributed by atoms with E-state index in [9.17, 15) is 13.2 Å². The van der Waals surface area contributed by atoms with Gasteiger partial charge in [-0.05, 0) is 19.9 Å². The highest BCUT2D eigenvalue weighted by molar-refractivity contribution is 7.92. The Hall–Kier alpha value is -1.54. The van der Waals surface area contributed by atoms with Crippen molar-refractivity contribution in [1.82, 2.24) is 4.98 Å². The van der Waals surface area contributed by atoms with Gasteiger partial charge in [0.2, 0.25) is 10.0 Å². The lowest BCUT2D eigenvalue weighted by atomic mass is 10.4. The van der Waals surface area contributed by atoms with E-state index < -0.39 is 16.0 Å². The number of hydrogen-bond acceptors (Lipinski definition) is 4. The number of anilines is 1. The molecule has 7 nitrogen and oxygen atoms in total. The van der Waals surface area contributed by atoms with Gasteiger partial charge in [0.15, 0.2) is 0 Å². The number of carboxylic acids is 1. The van der Waals surface area contributed by atoms with Crippen LogP contribution in [-0.4, -0.2) is 43.4 Å². The molecule has 0 spiro atoms. The summed E-state index contributed by atoms with van der Waals surface area (Å²) in [6.45, 7) is 3.90. The molecule has 0 aliphatic heterocycles. The summed E-state index contributed by atoms with van der Waals surface area (Å²) in [5.41, 5.74) is 0.430. The first-order valence-corrected chi connectivity index (χ1v) is 7.02. The smallest absolute Gasteiger partial charge is 0.354 e. The minimum Gasteiger partial charge on any atom is -0.477 e. The van der Waals surface area contributed by atoms with Crippen LogP contribution >= 0.6 is 0 Å². The quantitative estimate of drug-likeness (QED) is 0.638. The van der Waals surface area contributed by atoms with E-state index >= 15 is 0 Å². The maximum atomic E-state index is 11.7. The third kappa shape index (κ3) is 4.04. The Morgan fingerprint density at radius 2 is 2.22 bits per heavy atom. The lowest BCUT2D eigenvalue weighted by molar-refractivity contribution is 0.0692. The van der Waals surface area contributed by atoms with E-state index in [1.807, 2.05) is 0 Å². The molecule has 0 saturated heterocycles. The lowest BCUT2D eigenvalue weighted by Crippen LogP contribution is -2.21. The van der Waals surface area contributed by atoms with Gasteiger partial charge in [0.25, 0.3) is 0 Å². The van der Waals surface area contributed by atoms with E-state index in [-0.39, 0.29) is 23.7 Å². The van der Waals surface area contributed by atoms with E-state index in [0.29, 0.717) is 12.3 Å². The molecule has 3 N–H and O–H groups in total. The van der Waals surface area contributed by atoms with Crippen LogP contribution in [0.2, 0.25) is 0 Å². The summed E-state index contributed by atoms with van der Waals surface area (Å²) in [5.74, 6) is -1.44. The molecule has 1 aromatic heterocycles. The van der Waals surface area contributed by atoms with Gasteiger partial charge in [0, 0.05) is 12.3 Å². The standard InChI is InChI=1S/C10H16N2O5S/c1-3-17-4-5-18(15,16)12-8-6-7(2)11-9(8)10(13)14/h6,11-12H,3-5H2,1-2H3,(H,13,14). The van der Waals surface area contributed by atoms with Gasteiger partial charge in [-0.2, -0.15) is 0 Å². The van der Waals surface area contributed by atoms with Crippen LogP contribution in [0.5, 0.6) is 0 Å². The summed E-state index contributed by atoms with van der Waals surface area (Å²) in [4.78, 5) is 13.5. The molecule has 0 unspecified atom stereocenters. The van der Waals surface area contributed by atoms with Crippen molar-refractivity contribution < 1.29 is 23.1 Å². The van der Waals surface area contributed by atoms with E-state index in [1.54, 1.807) is 13.8 Å². The van der Waals surface area contributed by atoms with Gasteiger partial charge in [0.1, 0.15) is 5.69 Å². The van der Waals surface area contributed by atoms with Gasteiger partial charge >= 0.3 is 5.97 Å². The van der Waals surface area contributed by atoms with Crippen molar-refractivity contribution in [3.8, 4) is 0 Å². The molecule has 1 aromatic rings. The van der Waals surface area contributed by atoms with Crippen LogP contribution in [0.4, 0.5) is 5.69 Å². The molecule has 8 heteroatoms. The van der Waals surface area contributed by atoms with Crippen LogP contribution in [0.25, 0.3) is 0 Å².